The lowest BCUT2D eigenvalue weighted by molar-refractivity contribution is 0.217. The predicted molar refractivity (Wildman–Crippen MR) is 60.4 cm³/mol. The van der Waals surface area contributed by atoms with Gasteiger partial charge in [0.25, 0.3) is 0 Å². The number of hydrogen-bond acceptors (Lipinski definition) is 2. The summed E-state index contributed by atoms with van der Waals surface area (Å²) in [6.07, 6.45) is 5.54. The van der Waals surface area contributed by atoms with Gasteiger partial charge in [-0.15, -0.1) is 0 Å². The van der Waals surface area contributed by atoms with E-state index in [1.165, 1.54) is 45.3 Å². The molecular weight excluding hydrogens is 172 g/mol. The maximum Gasteiger partial charge on any atom is 0.0208 e. The Kier molecular flexibility index (Phi) is 3.13. The Morgan fingerprint density at radius 2 is 2.21 bits per heavy atom. The lowest BCUT2D eigenvalue weighted by Crippen LogP contribution is -2.46. The molecule has 2 heteroatoms. The summed E-state index contributed by atoms with van der Waals surface area (Å²) < 4.78 is 0. The summed E-state index contributed by atoms with van der Waals surface area (Å²) in [5.74, 6) is 1.70. The van der Waals surface area contributed by atoms with Crippen molar-refractivity contribution in [1.29, 1.82) is 0 Å². The molecule has 0 aromatic rings. The van der Waals surface area contributed by atoms with Gasteiger partial charge in [0, 0.05) is 5.54 Å². The zero-order valence-electron chi connectivity index (χ0n) is 9.60. The van der Waals surface area contributed by atoms with E-state index in [-0.39, 0.29) is 0 Å². The van der Waals surface area contributed by atoms with Gasteiger partial charge in [-0.2, -0.15) is 0 Å². The van der Waals surface area contributed by atoms with E-state index >= 15 is 0 Å². The zero-order chi connectivity index (χ0) is 10.0. The SMILES string of the molecule is CC(C)C1(CC2CCNC2)CCCN1. The van der Waals surface area contributed by atoms with Crippen LogP contribution in [0.3, 0.4) is 0 Å². The van der Waals surface area contributed by atoms with Crippen LogP contribution < -0.4 is 10.6 Å². The summed E-state index contributed by atoms with van der Waals surface area (Å²) in [4.78, 5) is 0. The van der Waals surface area contributed by atoms with E-state index in [0.29, 0.717) is 5.54 Å². The molecule has 2 saturated heterocycles. The maximum absolute atomic E-state index is 3.77. The van der Waals surface area contributed by atoms with E-state index in [4.69, 9.17) is 0 Å². The Hall–Kier alpha value is -0.0800. The molecule has 0 aromatic carbocycles. The summed E-state index contributed by atoms with van der Waals surface area (Å²) >= 11 is 0. The Morgan fingerprint density at radius 1 is 1.36 bits per heavy atom. The minimum absolute atomic E-state index is 0.469. The molecule has 2 fully saturated rings. The first kappa shape index (κ1) is 10.4. The van der Waals surface area contributed by atoms with Gasteiger partial charge in [0.05, 0.1) is 0 Å². The van der Waals surface area contributed by atoms with E-state index < -0.39 is 0 Å². The zero-order valence-corrected chi connectivity index (χ0v) is 9.60. The molecule has 2 atom stereocenters. The molecule has 14 heavy (non-hydrogen) atoms. The molecule has 2 heterocycles. The number of rotatable bonds is 3. The van der Waals surface area contributed by atoms with Crippen molar-refractivity contribution in [1.82, 2.24) is 10.6 Å². The standard InChI is InChI=1S/C12H24N2/c1-10(2)12(5-3-6-14-12)8-11-4-7-13-9-11/h10-11,13-14H,3-9H2,1-2H3. The van der Waals surface area contributed by atoms with Gasteiger partial charge in [-0.25, -0.2) is 0 Å². The van der Waals surface area contributed by atoms with Crippen molar-refractivity contribution in [2.75, 3.05) is 19.6 Å². The van der Waals surface area contributed by atoms with Crippen molar-refractivity contribution < 1.29 is 0 Å². The second-order valence-corrected chi connectivity index (χ2v) is 5.40. The smallest absolute Gasteiger partial charge is 0.0208 e. The van der Waals surface area contributed by atoms with Crippen LogP contribution in [0, 0.1) is 11.8 Å². The van der Waals surface area contributed by atoms with Crippen LogP contribution in [0.1, 0.15) is 39.5 Å². The van der Waals surface area contributed by atoms with Gasteiger partial charge in [-0.3, -0.25) is 0 Å². The van der Waals surface area contributed by atoms with Crippen LogP contribution in [-0.2, 0) is 0 Å². The highest BCUT2D eigenvalue weighted by molar-refractivity contribution is 4.97. The number of nitrogens with one attached hydrogen (secondary N) is 2. The van der Waals surface area contributed by atoms with Crippen molar-refractivity contribution in [2.24, 2.45) is 11.8 Å². The third-order valence-corrected chi connectivity index (χ3v) is 4.20. The first-order chi connectivity index (χ1) is 6.73. The first-order valence-corrected chi connectivity index (χ1v) is 6.19. The minimum atomic E-state index is 0.469. The molecule has 2 N–H and O–H groups in total. The van der Waals surface area contributed by atoms with Crippen molar-refractivity contribution in [3.05, 3.63) is 0 Å². The van der Waals surface area contributed by atoms with Gasteiger partial charge in [-0.1, -0.05) is 13.8 Å². The van der Waals surface area contributed by atoms with E-state index in [1.54, 1.807) is 0 Å². The summed E-state index contributed by atoms with van der Waals surface area (Å²) in [5, 5.41) is 7.24. The van der Waals surface area contributed by atoms with Crippen molar-refractivity contribution in [3.8, 4) is 0 Å². The van der Waals surface area contributed by atoms with Gasteiger partial charge < -0.3 is 10.6 Å². The van der Waals surface area contributed by atoms with Crippen LogP contribution in [0.5, 0.6) is 0 Å². The van der Waals surface area contributed by atoms with Gasteiger partial charge >= 0.3 is 0 Å². The number of hydrogen-bond donors (Lipinski definition) is 2. The fraction of sp³-hybridized carbons (Fsp3) is 1.00. The molecule has 0 radical (unpaired) electrons. The maximum atomic E-state index is 3.77. The molecule has 0 bridgehead atoms. The Labute approximate surface area is 87.8 Å². The van der Waals surface area contributed by atoms with Gasteiger partial charge in [0.2, 0.25) is 0 Å². The molecule has 0 saturated carbocycles. The van der Waals surface area contributed by atoms with E-state index in [1.807, 2.05) is 0 Å². The van der Waals surface area contributed by atoms with Gasteiger partial charge in [0.1, 0.15) is 0 Å². The average Bonchev–Trinajstić information content (AvgIpc) is 2.76. The highest BCUT2D eigenvalue weighted by Crippen LogP contribution is 2.35. The third kappa shape index (κ3) is 1.96. The first-order valence-electron chi connectivity index (χ1n) is 6.19. The lowest BCUT2D eigenvalue weighted by Gasteiger charge is -2.36. The molecule has 2 nitrogen and oxygen atoms in total. The molecule has 2 aliphatic heterocycles. The Bertz CT molecular complexity index is 177. The predicted octanol–water partition coefficient (Wildman–Crippen LogP) is 1.76. The molecule has 2 aliphatic rings. The van der Waals surface area contributed by atoms with Crippen LogP contribution >= 0.6 is 0 Å². The van der Waals surface area contributed by atoms with Gasteiger partial charge in [0.15, 0.2) is 0 Å². The summed E-state index contributed by atoms with van der Waals surface area (Å²) in [6, 6.07) is 0. The van der Waals surface area contributed by atoms with Crippen LogP contribution in [0.2, 0.25) is 0 Å². The van der Waals surface area contributed by atoms with Gasteiger partial charge in [-0.05, 0) is 57.2 Å². The second kappa shape index (κ2) is 4.19. The molecule has 0 aromatic heterocycles. The highest BCUT2D eigenvalue weighted by Gasteiger charge is 2.38. The molecule has 0 aliphatic carbocycles. The van der Waals surface area contributed by atoms with Crippen molar-refractivity contribution in [3.63, 3.8) is 0 Å². The van der Waals surface area contributed by atoms with Crippen LogP contribution in [0.4, 0.5) is 0 Å². The highest BCUT2D eigenvalue weighted by atomic mass is 15.0. The van der Waals surface area contributed by atoms with Crippen molar-refractivity contribution in [2.45, 2.75) is 45.1 Å². The Morgan fingerprint density at radius 3 is 2.71 bits per heavy atom. The van der Waals surface area contributed by atoms with E-state index in [0.717, 1.165) is 11.8 Å². The quantitative estimate of drug-likeness (QED) is 0.719. The summed E-state index contributed by atoms with van der Waals surface area (Å²) in [7, 11) is 0. The average molecular weight is 196 g/mol. The molecule has 0 amide bonds. The molecule has 2 unspecified atom stereocenters. The molecule has 82 valence electrons. The summed E-state index contributed by atoms with van der Waals surface area (Å²) in [6.45, 7) is 8.47. The topological polar surface area (TPSA) is 24.1 Å². The van der Waals surface area contributed by atoms with Crippen molar-refractivity contribution >= 4 is 0 Å². The minimum Gasteiger partial charge on any atom is -0.316 e. The van der Waals surface area contributed by atoms with E-state index in [2.05, 4.69) is 24.5 Å². The fourth-order valence-corrected chi connectivity index (χ4v) is 3.14. The second-order valence-electron chi connectivity index (χ2n) is 5.40. The normalized spacial score (nSPS) is 38.4. The largest absolute Gasteiger partial charge is 0.316 e. The molecule has 2 rings (SSSR count). The monoisotopic (exact) mass is 196 g/mol. The molecular formula is C12H24N2. The molecule has 0 spiro atoms. The van der Waals surface area contributed by atoms with Crippen LogP contribution in [0.15, 0.2) is 0 Å². The lowest BCUT2D eigenvalue weighted by atomic mass is 9.77. The summed E-state index contributed by atoms with van der Waals surface area (Å²) in [5.41, 5.74) is 0.469. The third-order valence-electron chi connectivity index (χ3n) is 4.20. The Balaban J connectivity index is 1.96. The van der Waals surface area contributed by atoms with Crippen LogP contribution in [0.25, 0.3) is 0 Å². The van der Waals surface area contributed by atoms with E-state index in [9.17, 15) is 0 Å². The fourth-order valence-electron chi connectivity index (χ4n) is 3.14. The van der Waals surface area contributed by atoms with Crippen LogP contribution in [-0.4, -0.2) is 25.2 Å².